The Bertz CT molecular complexity index is 4470. The minimum absolute atomic E-state index is 0.169. The van der Waals surface area contributed by atoms with E-state index in [1.54, 1.807) is 4.90 Å². The summed E-state index contributed by atoms with van der Waals surface area (Å²) in [6, 6.07) is 51.1. The van der Waals surface area contributed by atoms with Crippen molar-refractivity contribution >= 4 is 49.8 Å². The summed E-state index contributed by atoms with van der Waals surface area (Å²) in [5.41, 5.74) is 6.44. The number of para-hydroxylation sites is 1. The molecule has 1 aromatic heterocycles. The van der Waals surface area contributed by atoms with E-state index in [-0.39, 0.29) is 5.69 Å². The second-order valence-corrected chi connectivity index (χ2v) is 16.5. The van der Waals surface area contributed by atoms with E-state index in [0.717, 1.165) is 60.5 Å². The molecule has 0 atom stereocenters. The molecule has 0 bridgehead atoms. The molecule has 2 nitrogen and oxygen atoms in total. The molecule has 0 saturated heterocycles. The van der Waals surface area contributed by atoms with Crippen molar-refractivity contribution in [2.24, 2.45) is 0 Å². The number of fused-ring (bicyclic) bond motifs is 8. The number of nitrogens with zero attached hydrogens (tertiary/aromatic N) is 1. The fraction of sp³-hybridized carbons (Fsp3) is 0.0154. The summed E-state index contributed by atoms with van der Waals surface area (Å²) in [5.74, 6) is 0. The predicted octanol–water partition coefficient (Wildman–Crippen LogP) is 17.6. The van der Waals surface area contributed by atoms with E-state index in [9.17, 15) is 11.0 Å². The molecule has 0 amide bonds. The Morgan fingerprint density at radius 1 is 0.388 bits per heavy atom. The molecule has 2 heteroatoms. The molecule has 314 valence electrons. The molecule has 12 aromatic rings. The largest absolute Gasteiger partial charge is 0.455 e. The third-order valence-electron chi connectivity index (χ3n) is 13.0. The number of hydrogen-bond donors (Lipinski definition) is 0. The average molecular weight is 867 g/mol. The van der Waals surface area contributed by atoms with Gasteiger partial charge in [-0.1, -0.05) is 218 Å². The average Bonchev–Trinajstić information content (AvgIpc) is 4.14. The van der Waals surface area contributed by atoms with E-state index < -0.39 is 106 Å². The Balaban J connectivity index is 1.10. The minimum atomic E-state index is -0.878. The van der Waals surface area contributed by atoms with Crippen molar-refractivity contribution in [2.45, 2.75) is 5.41 Å². The summed E-state index contributed by atoms with van der Waals surface area (Å²) in [6.45, 7) is 0. The number of hydrogen-bond acceptors (Lipinski definition) is 2. The van der Waals surface area contributed by atoms with Gasteiger partial charge >= 0.3 is 0 Å². The number of rotatable bonds is 8. The van der Waals surface area contributed by atoms with Crippen LogP contribution in [0.4, 0.5) is 17.1 Å². The van der Waals surface area contributed by atoms with Gasteiger partial charge in [-0.05, 0) is 109 Å². The van der Waals surface area contributed by atoms with Gasteiger partial charge in [0.15, 0.2) is 0 Å². The van der Waals surface area contributed by atoms with Gasteiger partial charge < -0.3 is 9.32 Å². The highest BCUT2D eigenvalue weighted by Gasteiger charge is 2.46. The third kappa shape index (κ3) is 6.18. The number of anilines is 3. The Labute approximate surface area is 408 Å². The maximum absolute atomic E-state index is 10.1. The van der Waals surface area contributed by atoms with Crippen molar-refractivity contribution in [3.8, 4) is 44.5 Å². The number of benzene rings is 11. The van der Waals surface area contributed by atoms with Crippen molar-refractivity contribution in [1.82, 2.24) is 0 Å². The predicted molar refractivity (Wildman–Crippen MR) is 280 cm³/mol. The van der Waals surface area contributed by atoms with Gasteiger partial charge in [-0.25, -0.2) is 0 Å². The molecule has 0 unspecified atom stereocenters. The van der Waals surface area contributed by atoms with Gasteiger partial charge in [-0.15, -0.1) is 0 Å². The first-order valence-electron chi connectivity index (χ1n) is 28.5. The molecule has 0 spiro atoms. The topological polar surface area (TPSA) is 16.4 Å². The van der Waals surface area contributed by atoms with Gasteiger partial charge in [0.25, 0.3) is 0 Å². The van der Waals surface area contributed by atoms with Crippen LogP contribution < -0.4 is 4.90 Å². The van der Waals surface area contributed by atoms with E-state index in [4.69, 9.17) is 11.3 Å². The van der Waals surface area contributed by atoms with Crippen molar-refractivity contribution in [3.63, 3.8) is 0 Å². The van der Waals surface area contributed by atoms with Crippen molar-refractivity contribution in [3.05, 3.63) is 283 Å². The summed E-state index contributed by atoms with van der Waals surface area (Å²) in [7, 11) is 0. The first kappa shape index (κ1) is 27.6. The van der Waals surface area contributed by atoms with Crippen molar-refractivity contribution < 1.29 is 22.2 Å². The first-order valence-corrected chi connectivity index (χ1v) is 22.0. The highest BCUT2D eigenvalue weighted by Crippen LogP contribution is 2.57. The summed E-state index contributed by atoms with van der Waals surface area (Å²) >= 11 is 0. The van der Waals surface area contributed by atoms with Gasteiger partial charge in [-0.2, -0.15) is 0 Å². The second-order valence-electron chi connectivity index (χ2n) is 16.5. The van der Waals surface area contributed by atoms with Crippen LogP contribution >= 0.6 is 0 Å². The zero-order chi connectivity index (χ0) is 55.6. The van der Waals surface area contributed by atoms with E-state index in [1.807, 2.05) is 133 Å². The molecule has 67 heavy (non-hydrogen) atoms. The first-order chi connectivity index (χ1) is 38.7. The normalized spacial score (nSPS) is 15.3. The van der Waals surface area contributed by atoms with Gasteiger partial charge in [0.1, 0.15) is 11.2 Å². The van der Waals surface area contributed by atoms with Crippen LogP contribution in [-0.2, 0) is 5.41 Å². The summed E-state index contributed by atoms with van der Waals surface area (Å²) in [6.07, 6.45) is 0. The molecule has 0 fully saturated rings. The lowest BCUT2D eigenvalue weighted by molar-refractivity contribution is 0.673. The van der Waals surface area contributed by atoms with Crippen LogP contribution in [0.15, 0.2) is 265 Å². The third-order valence-corrected chi connectivity index (χ3v) is 13.0. The monoisotopic (exact) mass is 866 g/mol. The van der Waals surface area contributed by atoms with Crippen LogP contribution in [0, 0.1) is 0 Å². The SMILES string of the molecule is [2H]c1c([2H])c([2H])c(-c2c([2H])c([2H])c(-c3c([2H])c([2H])c(N(c4ccc5c(c4)C(c4ccccc4)(c4ccccc4)c4ccccc4-5)c4ccccc4-c4cccc5oc6c7ccccc7ccc6c45)c([2H])c3[2H])c([2H])c2[2H])c([2H])c1[2H]. The summed E-state index contributed by atoms with van der Waals surface area (Å²) in [4.78, 5) is 1.73. The molecular formula is C65H43NO. The zero-order valence-corrected chi connectivity index (χ0v) is 35.7. The van der Waals surface area contributed by atoms with Crippen molar-refractivity contribution in [1.29, 1.82) is 0 Å². The van der Waals surface area contributed by atoms with Crippen LogP contribution in [0.2, 0.25) is 0 Å². The van der Waals surface area contributed by atoms with E-state index in [1.165, 1.54) is 0 Å². The summed E-state index contributed by atoms with van der Waals surface area (Å²) < 4.78 is 126. The highest BCUT2D eigenvalue weighted by molar-refractivity contribution is 6.19. The van der Waals surface area contributed by atoms with E-state index in [2.05, 4.69) is 48.5 Å². The maximum atomic E-state index is 10.1. The van der Waals surface area contributed by atoms with Crippen LogP contribution in [-0.4, -0.2) is 0 Å². The lowest BCUT2D eigenvalue weighted by Crippen LogP contribution is -2.28. The molecule has 0 N–H and O–H groups in total. The van der Waals surface area contributed by atoms with Crippen LogP contribution in [0.25, 0.3) is 77.2 Å². The lowest BCUT2D eigenvalue weighted by Gasteiger charge is -2.35. The highest BCUT2D eigenvalue weighted by atomic mass is 16.3. The Morgan fingerprint density at radius 3 is 1.70 bits per heavy atom. The van der Waals surface area contributed by atoms with E-state index in [0.29, 0.717) is 28.1 Å². The second kappa shape index (κ2) is 15.8. The Kier molecular flexibility index (Phi) is 6.49. The molecule has 0 radical (unpaired) electrons. The quantitative estimate of drug-likeness (QED) is 0.151. The van der Waals surface area contributed by atoms with Crippen LogP contribution in [0.1, 0.15) is 40.1 Å². The maximum Gasteiger partial charge on any atom is 0.143 e. The van der Waals surface area contributed by atoms with Gasteiger partial charge in [0.05, 0.1) is 28.9 Å². The lowest BCUT2D eigenvalue weighted by atomic mass is 9.67. The summed E-state index contributed by atoms with van der Waals surface area (Å²) in [5, 5.41) is 3.64. The molecule has 0 aliphatic heterocycles. The van der Waals surface area contributed by atoms with Crippen LogP contribution in [0.3, 0.4) is 0 Å². The van der Waals surface area contributed by atoms with Gasteiger partial charge in [0.2, 0.25) is 0 Å². The van der Waals surface area contributed by atoms with Gasteiger partial charge in [0, 0.05) is 33.1 Å². The standard InChI is InChI=1S/C65H43NO/c1-4-17-44(18-5-1)45-31-33-46(34-32-45)47-35-38-51(39-36-47)66(61-29-15-13-26-56(61)57-27-16-30-62-63(57)58-41-37-48-19-10-11-24-53(48)64(58)67-62)52-40-42-55-54-25-12-14-28-59(54)65(60(55)43-52,49-20-6-2-7-21-49)50-22-8-3-9-23-50/h1-43H/i1D,4D,5D,17D,18D,31D,32D,33D,34D,35D,36D,38D,39D. The fourth-order valence-corrected chi connectivity index (χ4v) is 10.1. The molecular weight excluding hydrogens is 811 g/mol. The molecule has 13 rings (SSSR count). The van der Waals surface area contributed by atoms with Crippen molar-refractivity contribution in [2.75, 3.05) is 4.90 Å². The minimum Gasteiger partial charge on any atom is -0.455 e. The number of furan rings is 1. The fourth-order valence-electron chi connectivity index (χ4n) is 10.1. The molecule has 0 saturated carbocycles. The molecule has 1 aliphatic rings. The van der Waals surface area contributed by atoms with Crippen LogP contribution in [0.5, 0.6) is 0 Å². The zero-order valence-electron chi connectivity index (χ0n) is 48.7. The molecule has 11 aromatic carbocycles. The van der Waals surface area contributed by atoms with E-state index >= 15 is 0 Å². The smallest absolute Gasteiger partial charge is 0.143 e. The van der Waals surface area contributed by atoms with Gasteiger partial charge in [-0.3, -0.25) is 0 Å². The Morgan fingerprint density at radius 2 is 0.970 bits per heavy atom. The Hall–Kier alpha value is -8.72. The molecule has 1 aliphatic carbocycles. The molecule has 1 heterocycles.